The minimum atomic E-state index is -0.292. The lowest BCUT2D eigenvalue weighted by Crippen LogP contribution is -2.28. The number of carbonyl (C=O) groups is 1. The molecule has 0 amide bonds. The molecule has 0 bridgehead atoms. The molecule has 0 aliphatic carbocycles. The molecule has 4 nitrogen and oxygen atoms in total. The van der Waals surface area contributed by atoms with Crippen LogP contribution in [0, 0.1) is 6.92 Å². The molecular weight excluding hydrogens is 370 g/mol. The summed E-state index contributed by atoms with van der Waals surface area (Å²) in [7, 11) is 0. The molecule has 0 aromatic heterocycles. The van der Waals surface area contributed by atoms with E-state index in [-0.39, 0.29) is 17.4 Å². The zero-order chi connectivity index (χ0) is 20.1. The number of rotatable bonds is 6. The summed E-state index contributed by atoms with van der Waals surface area (Å²) >= 11 is 1.87. The van der Waals surface area contributed by atoms with Crippen LogP contribution in [0.5, 0.6) is 0 Å². The molecule has 2 fully saturated rings. The summed E-state index contributed by atoms with van der Waals surface area (Å²) in [6.45, 7) is 11.5. The van der Waals surface area contributed by atoms with Crippen LogP contribution in [0.4, 0.5) is 5.69 Å². The van der Waals surface area contributed by atoms with Crippen molar-refractivity contribution in [3.63, 3.8) is 0 Å². The lowest BCUT2D eigenvalue weighted by molar-refractivity contribution is 0.0161. The highest BCUT2D eigenvalue weighted by Gasteiger charge is 2.31. The van der Waals surface area contributed by atoms with Gasteiger partial charge in [0.05, 0.1) is 11.7 Å². The van der Waals surface area contributed by atoms with Gasteiger partial charge in [0.2, 0.25) is 0 Å². The highest BCUT2D eigenvalue weighted by atomic mass is 32.2. The number of anilines is 1. The summed E-state index contributed by atoms with van der Waals surface area (Å²) in [6, 6.07) is 5.76. The van der Waals surface area contributed by atoms with Crippen LogP contribution < -0.4 is 4.90 Å². The van der Waals surface area contributed by atoms with Gasteiger partial charge in [0, 0.05) is 23.7 Å². The molecule has 2 atom stereocenters. The Morgan fingerprint density at radius 1 is 1.43 bits per heavy atom. The second-order valence-corrected chi connectivity index (χ2v) is 8.19. The molecule has 1 aromatic rings. The van der Waals surface area contributed by atoms with E-state index in [1.165, 1.54) is 5.57 Å². The van der Waals surface area contributed by atoms with E-state index in [0.717, 1.165) is 42.1 Å². The minimum Gasteiger partial charge on any atom is -0.459 e. The molecule has 0 spiro atoms. The molecule has 2 aliphatic rings. The van der Waals surface area contributed by atoms with Crippen molar-refractivity contribution >= 4 is 23.4 Å². The van der Waals surface area contributed by atoms with Gasteiger partial charge in [0.25, 0.3) is 0 Å². The number of thioether (sulfide) groups is 1. The van der Waals surface area contributed by atoms with Gasteiger partial charge in [-0.15, -0.1) is 11.8 Å². The standard InChI is InChI=1S/C23H29NO3S/c1-5-8-18(6-2)22-24(17(4)15-28-22)21-11-10-19(13-16(21)3)23(25)27-14-20-9-7-12-26-20/h5-6,8,10-11,13,20,22H,4,7,9,12,14-15H2,1-3H3/b8-5-,18-6+. The predicted octanol–water partition coefficient (Wildman–Crippen LogP) is 5.25. The van der Waals surface area contributed by atoms with Crippen LogP contribution in [0.3, 0.4) is 0 Å². The smallest absolute Gasteiger partial charge is 0.338 e. The lowest BCUT2D eigenvalue weighted by Gasteiger charge is -2.29. The van der Waals surface area contributed by atoms with Crippen molar-refractivity contribution in [2.45, 2.75) is 45.1 Å². The average molecular weight is 400 g/mol. The third-order valence-corrected chi connectivity index (χ3v) is 6.38. The third-order valence-electron chi connectivity index (χ3n) is 5.08. The Labute approximate surface area is 172 Å². The van der Waals surface area contributed by atoms with E-state index in [2.05, 4.69) is 36.6 Å². The summed E-state index contributed by atoms with van der Waals surface area (Å²) in [5, 5.41) is 0.199. The first-order valence-corrected chi connectivity index (χ1v) is 10.9. The molecule has 2 saturated heterocycles. The maximum atomic E-state index is 12.4. The summed E-state index contributed by atoms with van der Waals surface area (Å²) in [6.07, 6.45) is 8.40. The van der Waals surface area contributed by atoms with Crippen molar-refractivity contribution < 1.29 is 14.3 Å². The fourth-order valence-electron chi connectivity index (χ4n) is 3.62. The molecule has 0 radical (unpaired) electrons. The molecule has 150 valence electrons. The van der Waals surface area contributed by atoms with Gasteiger partial charge in [0.1, 0.15) is 12.0 Å². The highest BCUT2D eigenvalue weighted by Crippen LogP contribution is 2.41. The first kappa shape index (κ1) is 20.7. The third kappa shape index (κ3) is 4.53. The summed E-state index contributed by atoms with van der Waals surface area (Å²) < 4.78 is 11.0. The second kappa shape index (κ2) is 9.48. The largest absolute Gasteiger partial charge is 0.459 e. The molecular formula is C23H29NO3S. The molecule has 28 heavy (non-hydrogen) atoms. The van der Waals surface area contributed by atoms with Crippen molar-refractivity contribution in [3.05, 3.63) is 65.4 Å². The first-order chi connectivity index (χ1) is 13.5. The van der Waals surface area contributed by atoms with E-state index in [9.17, 15) is 4.79 Å². The van der Waals surface area contributed by atoms with E-state index >= 15 is 0 Å². The SMILES string of the molecule is C=C1CSC(C(/C=C\C)=C/C)N1c1ccc(C(=O)OCC2CCCO2)cc1C. The Kier molecular flexibility index (Phi) is 7.03. The number of esters is 1. The van der Waals surface area contributed by atoms with Gasteiger partial charge >= 0.3 is 5.97 Å². The van der Waals surface area contributed by atoms with Crippen LogP contribution in [-0.2, 0) is 9.47 Å². The maximum Gasteiger partial charge on any atom is 0.338 e. The number of ether oxygens (including phenoxy) is 2. The molecule has 0 saturated carbocycles. The number of hydrogen-bond acceptors (Lipinski definition) is 5. The zero-order valence-corrected chi connectivity index (χ0v) is 17.8. The fourth-order valence-corrected chi connectivity index (χ4v) is 4.93. The van der Waals surface area contributed by atoms with Crippen molar-refractivity contribution in [2.24, 2.45) is 0 Å². The van der Waals surface area contributed by atoms with Crippen LogP contribution in [0.2, 0.25) is 0 Å². The number of carbonyl (C=O) groups excluding carboxylic acids is 1. The molecule has 5 heteroatoms. The average Bonchev–Trinajstić information content (AvgIpc) is 3.34. The fraction of sp³-hybridized carbons (Fsp3) is 0.435. The first-order valence-electron chi connectivity index (χ1n) is 9.82. The van der Waals surface area contributed by atoms with Crippen LogP contribution in [0.15, 0.2) is 54.3 Å². The molecule has 1 aromatic carbocycles. The van der Waals surface area contributed by atoms with Crippen molar-refractivity contribution in [3.8, 4) is 0 Å². The number of benzene rings is 1. The Balaban J connectivity index is 1.76. The molecule has 3 rings (SSSR count). The Bertz CT molecular complexity index is 793. The van der Waals surface area contributed by atoms with E-state index in [4.69, 9.17) is 9.47 Å². The molecule has 2 unspecified atom stereocenters. The number of nitrogens with zero attached hydrogens (tertiary/aromatic N) is 1. The Morgan fingerprint density at radius 2 is 2.25 bits per heavy atom. The summed E-state index contributed by atoms with van der Waals surface area (Å²) in [4.78, 5) is 14.7. The van der Waals surface area contributed by atoms with Crippen molar-refractivity contribution in [2.75, 3.05) is 23.9 Å². The van der Waals surface area contributed by atoms with Gasteiger partial charge in [0.15, 0.2) is 0 Å². The Morgan fingerprint density at radius 3 is 2.89 bits per heavy atom. The zero-order valence-electron chi connectivity index (χ0n) is 16.9. The van der Waals surface area contributed by atoms with E-state index in [1.54, 1.807) is 0 Å². The Hall–Kier alpha value is -1.98. The van der Waals surface area contributed by atoms with Gasteiger partial charge in [-0.1, -0.05) is 24.8 Å². The van der Waals surface area contributed by atoms with Gasteiger partial charge in [-0.25, -0.2) is 4.79 Å². The maximum absolute atomic E-state index is 12.4. The molecule has 2 aliphatic heterocycles. The predicted molar refractivity (Wildman–Crippen MR) is 117 cm³/mol. The lowest BCUT2D eigenvalue weighted by atomic mass is 10.1. The summed E-state index contributed by atoms with van der Waals surface area (Å²) in [5.41, 5.74) is 5.03. The second-order valence-electron chi connectivity index (χ2n) is 7.12. The number of aryl methyl sites for hydroxylation is 1. The highest BCUT2D eigenvalue weighted by molar-refractivity contribution is 8.00. The van der Waals surface area contributed by atoms with Crippen molar-refractivity contribution in [1.82, 2.24) is 0 Å². The van der Waals surface area contributed by atoms with Gasteiger partial charge in [-0.2, -0.15) is 0 Å². The van der Waals surface area contributed by atoms with E-state index in [0.29, 0.717) is 12.2 Å². The molecule has 0 N–H and O–H groups in total. The number of allylic oxidation sites excluding steroid dienone is 2. The minimum absolute atomic E-state index is 0.0425. The van der Waals surface area contributed by atoms with E-state index in [1.807, 2.05) is 43.8 Å². The quantitative estimate of drug-likeness (QED) is 0.483. The molecule has 2 heterocycles. The monoisotopic (exact) mass is 399 g/mol. The van der Waals surface area contributed by atoms with Gasteiger partial charge in [-0.05, 0) is 62.9 Å². The summed E-state index contributed by atoms with van der Waals surface area (Å²) in [5.74, 6) is 0.601. The van der Waals surface area contributed by atoms with E-state index < -0.39 is 0 Å². The van der Waals surface area contributed by atoms with Gasteiger partial charge in [-0.3, -0.25) is 0 Å². The van der Waals surface area contributed by atoms with Gasteiger partial charge < -0.3 is 14.4 Å². The van der Waals surface area contributed by atoms with Crippen LogP contribution in [-0.4, -0.2) is 36.4 Å². The number of hydrogen-bond donors (Lipinski definition) is 0. The van der Waals surface area contributed by atoms with Crippen molar-refractivity contribution in [1.29, 1.82) is 0 Å². The van der Waals surface area contributed by atoms with Crippen LogP contribution >= 0.6 is 11.8 Å². The van der Waals surface area contributed by atoms with Crippen LogP contribution in [0.25, 0.3) is 0 Å². The van der Waals surface area contributed by atoms with Crippen LogP contribution in [0.1, 0.15) is 42.6 Å². The topological polar surface area (TPSA) is 38.8 Å². The normalized spacial score (nSPS) is 23.0.